The van der Waals surface area contributed by atoms with Crippen molar-refractivity contribution in [3.8, 4) is 5.75 Å². The van der Waals surface area contributed by atoms with E-state index in [2.05, 4.69) is 6.58 Å². The van der Waals surface area contributed by atoms with Crippen LogP contribution >= 0.6 is 0 Å². The van der Waals surface area contributed by atoms with E-state index in [4.69, 9.17) is 10.5 Å². The molecule has 0 fully saturated rings. The summed E-state index contributed by atoms with van der Waals surface area (Å²) in [5, 5.41) is 44.6. The number of hydrogen-bond donors (Lipinski definition) is 5. The largest absolute Gasteiger partial charge is 0.510 e. The molecule has 1 aromatic carbocycles. The number of fused-ring (bicyclic) bond motifs is 3. The molecule has 3 aliphatic carbocycles. The Labute approximate surface area is 205 Å². The molecule has 0 aromatic heterocycles. The van der Waals surface area contributed by atoms with Gasteiger partial charge in [-0.3, -0.25) is 19.3 Å². The number of hydrogen-bond acceptors (Lipinski definition) is 10. The number of nitrogens with zero attached hydrogens (tertiary/aromatic N) is 1. The SMILES string of the molecule is C=CC(=O)O[C@H]1[C@@H]2C(=C(O)[C@]3(O)C(=O)C(C(N)=O)=C(O)[C@H](N(C)C)[C@@H]13)C(=O)c1c(O)cccc1[C@H]2C. The minimum atomic E-state index is -2.97. The number of phenols is 1. The second kappa shape index (κ2) is 8.32. The van der Waals surface area contributed by atoms with Crippen LogP contribution in [0.5, 0.6) is 5.75 Å². The van der Waals surface area contributed by atoms with Crippen LogP contribution in [-0.4, -0.2) is 80.6 Å². The van der Waals surface area contributed by atoms with E-state index in [1.807, 2.05) is 0 Å². The Kier molecular flexibility index (Phi) is 5.81. The molecule has 0 spiro atoms. The molecule has 3 aliphatic rings. The van der Waals surface area contributed by atoms with Gasteiger partial charge in [0.25, 0.3) is 5.91 Å². The summed E-state index contributed by atoms with van der Waals surface area (Å²) < 4.78 is 5.62. The number of aromatic hydroxyl groups is 1. The molecular formula is C25H26N2O9. The summed E-state index contributed by atoms with van der Waals surface area (Å²) in [7, 11) is 2.95. The van der Waals surface area contributed by atoms with Crippen molar-refractivity contribution in [2.24, 2.45) is 17.6 Å². The molecule has 0 saturated heterocycles. The molecule has 6 N–H and O–H groups in total. The average Bonchev–Trinajstić information content (AvgIpc) is 2.80. The Morgan fingerprint density at radius 2 is 1.83 bits per heavy atom. The smallest absolute Gasteiger partial charge is 0.330 e. The van der Waals surface area contributed by atoms with E-state index >= 15 is 0 Å². The van der Waals surface area contributed by atoms with Crippen molar-refractivity contribution in [2.75, 3.05) is 14.1 Å². The minimum Gasteiger partial charge on any atom is -0.510 e. The molecule has 1 aromatic rings. The van der Waals surface area contributed by atoms with Crippen LogP contribution in [0.1, 0.15) is 28.8 Å². The monoisotopic (exact) mass is 498 g/mol. The Morgan fingerprint density at radius 1 is 1.19 bits per heavy atom. The molecule has 0 radical (unpaired) electrons. The zero-order valence-electron chi connectivity index (χ0n) is 19.8. The van der Waals surface area contributed by atoms with E-state index in [1.54, 1.807) is 13.0 Å². The van der Waals surface area contributed by atoms with Gasteiger partial charge in [0.15, 0.2) is 11.4 Å². The molecule has 11 nitrogen and oxygen atoms in total. The van der Waals surface area contributed by atoms with Gasteiger partial charge in [-0.1, -0.05) is 25.6 Å². The lowest BCUT2D eigenvalue weighted by atomic mass is 9.55. The highest BCUT2D eigenvalue weighted by molar-refractivity contribution is 6.25. The van der Waals surface area contributed by atoms with E-state index in [-0.39, 0.29) is 11.3 Å². The topological polar surface area (TPSA) is 188 Å². The van der Waals surface area contributed by atoms with Crippen LogP contribution in [0.25, 0.3) is 0 Å². The van der Waals surface area contributed by atoms with E-state index in [0.717, 1.165) is 6.08 Å². The second-order valence-corrected chi connectivity index (χ2v) is 9.41. The first kappa shape index (κ1) is 25.1. The number of Topliss-reactive ketones (excluding diaryl/α,β-unsaturated/α-hetero) is 2. The normalized spacial score (nSPS) is 31.5. The Hall–Kier alpha value is -3.96. The van der Waals surface area contributed by atoms with Gasteiger partial charge in [-0.15, -0.1) is 0 Å². The number of aliphatic hydroxyl groups excluding tert-OH is 2. The average molecular weight is 498 g/mol. The molecule has 36 heavy (non-hydrogen) atoms. The standard InChI is InChI=1S/C25H26N2O9/c1-5-12(29)36-21-13-9(2)10-7-6-8-11(28)14(10)19(30)15(13)22(32)25(35)17(21)18(27(3)4)20(31)16(23(25)33)24(26)34/h5-9,13,17-18,21,28,31-32,35H,1H2,2-4H3,(H2,26,34)/t9-,13+,17+,18-,21+,25+/m1/s1. The van der Waals surface area contributed by atoms with Crippen LogP contribution in [0.3, 0.4) is 0 Å². The molecule has 6 atom stereocenters. The fourth-order valence-corrected chi connectivity index (χ4v) is 5.88. The highest BCUT2D eigenvalue weighted by atomic mass is 16.5. The number of nitrogens with two attached hydrogens (primary N) is 1. The van der Waals surface area contributed by atoms with Crippen molar-refractivity contribution in [3.63, 3.8) is 0 Å². The van der Waals surface area contributed by atoms with E-state index in [0.29, 0.717) is 5.56 Å². The number of rotatable bonds is 4. The van der Waals surface area contributed by atoms with Crippen molar-refractivity contribution < 1.29 is 44.3 Å². The molecule has 1 amide bonds. The predicted molar refractivity (Wildman–Crippen MR) is 124 cm³/mol. The number of carbonyl (C=O) groups is 4. The molecule has 0 unspecified atom stereocenters. The zero-order valence-corrected chi connectivity index (χ0v) is 19.8. The molecule has 0 saturated carbocycles. The quantitative estimate of drug-likeness (QED) is 0.221. The maximum Gasteiger partial charge on any atom is 0.330 e. The van der Waals surface area contributed by atoms with Gasteiger partial charge >= 0.3 is 5.97 Å². The van der Waals surface area contributed by atoms with Gasteiger partial charge in [-0.2, -0.15) is 0 Å². The van der Waals surface area contributed by atoms with Crippen molar-refractivity contribution in [3.05, 3.63) is 64.6 Å². The molecule has 4 rings (SSSR count). The summed E-state index contributed by atoms with van der Waals surface area (Å²) in [5.74, 6) is -10.2. The number of ether oxygens (including phenoxy) is 1. The summed E-state index contributed by atoms with van der Waals surface area (Å²) in [4.78, 5) is 53.1. The maximum atomic E-state index is 13.6. The van der Waals surface area contributed by atoms with Gasteiger partial charge in [0.2, 0.25) is 5.78 Å². The van der Waals surface area contributed by atoms with E-state index in [9.17, 15) is 39.6 Å². The van der Waals surface area contributed by atoms with Gasteiger partial charge < -0.3 is 30.9 Å². The number of likely N-dealkylation sites (N-methyl/N-ethyl adjacent to an activating group) is 1. The van der Waals surface area contributed by atoms with Gasteiger partial charge in [0.05, 0.1) is 17.5 Å². The van der Waals surface area contributed by atoms with Crippen LogP contribution in [0.2, 0.25) is 0 Å². The van der Waals surface area contributed by atoms with Gasteiger partial charge in [0, 0.05) is 17.6 Å². The maximum absolute atomic E-state index is 13.6. The van der Waals surface area contributed by atoms with Crippen molar-refractivity contribution in [1.29, 1.82) is 0 Å². The fourth-order valence-electron chi connectivity index (χ4n) is 5.88. The third kappa shape index (κ3) is 3.12. The minimum absolute atomic E-state index is 0.139. The summed E-state index contributed by atoms with van der Waals surface area (Å²) in [6.45, 7) is 5.04. The second-order valence-electron chi connectivity index (χ2n) is 9.41. The van der Waals surface area contributed by atoms with E-state index in [1.165, 1.54) is 31.1 Å². The third-order valence-electron chi connectivity index (χ3n) is 7.39. The van der Waals surface area contributed by atoms with Crippen LogP contribution in [-0.2, 0) is 19.1 Å². The van der Waals surface area contributed by atoms with Crippen LogP contribution < -0.4 is 5.73 Å². The lowest BCUT2D eigenvalue weighted by Crippen LogP contribution is -2.69. The third-order valence-corrected chi connectivity index (χ3v) is 7.39. The first-order valence-corrected chi connectivity index (χ1v) is 11.1. The first-order valence-electron chi connectivity index (χ1n) is 11.1. The number of ketones is 2. The van der Waals surface area contributed by atoms with Crippen molar-refractivity contribution in [1.82, 2.24) is 4.90 Å². The van der Waals surface area contributed by atoms with Crippen LogP contribution in [0.15, 0.2) is 53.5 Å². The number of phenolic OH excluding ortho intramolecular Hbond substituents is 1. The number of carbonyl (C=O) groups excluding carboxylic acids is 4. The number of esters is 1. The highest BCUT2D eigenvalue weighted by Gasteiger charge is 2.68. The van der Waals surface area contributed by atoms with Gasteiger partial charge in [-0.05, 0) is 31.6 Å². The van der Waals surface area contributed by atoms with Crippen LogP contribution in [0, 0.1) is 11.8 Å². The Bertz CT molecular complexity index is 1290. The Morgan fingerprint density at radius 3 is 2.39 bits per heavy atom. The summed E-state index contributed by atoms with van der Waals surface area (Å²) in [6, 6.07) is 3.05. The summed E-state index contributed by atoms with van der Waals surface area (Å²) >= 11 is 0. The molecule has 190 valence electrons. The summed E-state index contributed by atoms with van der Waals surface area (Å²) in [6.07, 6.45) is -0.611. The fraction of sp³-hybridized carbons (Fsp3) is 0.360. The van der Waals surface area contributed by atoms with Gasteiger partial charge in [0.1, 0.15) is 28.9 Å². The zero-order chi connectivity index (χ0) is 26.9. The van der Waals surface area contributed by atoms with Crippen LogP contribution in [0.4, 0.5) is 0 Å². The number of amides is 1. The first-order chi connectivity index (χ1) is 16.8. The van der Waals surface area contributed by atoms with Crippen molar-refractivity contribution >= 4 is 23.4 Å². The highest BCUT2D eigenvalue weighted by Crippen LogP contribution is 2.56. The molecule has 0 aliphatic heterocycles. The molecular weight excluding hydrogens is 472 g/mol. The molecule has 0 bridgehead atoms. The van der Waals surface area contributed by atoms with Crippen molar-refractivity contribution in [2.45, 2.75) is 30.6 Å². The Balaban J connectivity index is 2.12. The summed E-state index contributed by atoms with van der Waals surface area (Å²) in [5.41, 5.74) is 1.22. The lowest BCUT2D eigenvalue weighted by Gasteiger charge is -2.54. The molecule has 0 heterocycles. The van der Waals surface area contributed by atoms with E-state index < -0.39 is 81.6 Å². The number of benzene rings is 1. The lowest BCUT2D eigenvalue weighted by molar-refractivity contribution is -0.177. The number of aliphatic hydroxyl groups is 3. The molecule has 11 heteroatoms. The predicted octanol–water partition coefficient (Wildman–Crippen LogP) is 0.389. The van der Waals surface area contributed by atoms with Gasteiger partial charge in [-0.25, -0.2) is 4.79 Å². The number of primary amides is 1.